The van der Waals surface area contributed by atoms with Crippen molar-refractivity contribution in [3.63, 3.8) is 0 Å². The average Bonchev–Trinajstić information content (AvgIpc) is 2.33. The maximum Gasteiger partial charge on any atom is 0.0431 e. The van der Waals surface area contributed by atoms with Crippen molar-refractivity contribution in [3.8, 4) is 0 Å². The van der Waals surface area contributed by atoms with Gasteiger partial charge in [0.05, 0.1) is 0 Å². The van der Waals surface area contributed by atoms with E-state index in [-0.39, 0.29) is 12.6 Å². The number of nitrogens with two attached hydrogens (primary N) is 1. The molecule has 3 N–H and O–H groups in total. The summed E-state index contributed by atoms with van der Waals surface area (Å²) < 4.78 is 0. The number of benzene rings is 1. The highest BCUT2D eigenvalue weighted by atomic mass is 16.2. The number of unbranched alkanes of at least 4 members (excludes halogenated alkanes) is 1. The predicted molar refractivity (Wildman–Crippen MR) is 66.5 cm³/mol. The number of aliphatic hydroxyl groups is 1. The molecule has 0 saturated heterocycles. The lowest BCUT2D eigenvalue weighted by atomic mass is 9.97. The minimum Gasteiger partial charge on any atom is -0.396 e. The third-order valence-electron chi connectivity index (χ3n) is 3.22. The van der Waals surface area contributed by atoms with Crippen molar-refractivity contribution in [3.05, 3.63) is 29.8 Å². The Bertz CT molecular complexity index is 340. The maximum atomic E-state index is 8.79. The fourth-order valence-corrected chi connectivity index (χ4v) is 2.31. The Morgan fingerprint density at radius 3 is 2.94 bits per heavy atom. The second-order valence-electron chi connectivity index (χ2n) is 4.37. The summed E-state index contributed by atoms with van der Waals surface area (Å²) in [6, 6.07) is 8.57. The summed E-state index contributed by atoms with van der Waals surface area (Å²) in [6.07, 6.45) is 2.95. The molecule has 16 heavy (non-hydrogen) atoms. The van der Waals surface area contributed by atoms with Gasteiger partial charge in [0.2, 0.25) is 0 Å². The molecular weight excluding hydrogens is 200 g/mol. The van der Waals surface area contributed by atoms with Crippen LogP contribution in [0.2, 0.25) is 0 Å². The molecule has 1 aliphatic heterocycles. The topological polar surface area (TPSA) is 49.5 Å². The van der Waals surface area contributed by atoms with Crippen molar-refractivity contribution in [2.75, 3.05) is 24.6 Å². The number of hydrogen-bond donors (Lipinski definition) is 2. The first kappa shape index (κ1) is 11.4. The van der Waals surface area contributed by atoms with Gasteiger partial charge in [0, 0.05) is 31.4 Å². The molecule has 2 rings (SSSR count). The third-order valence-corrected chi connectivity index (χ3v) is 3.22. The van der Waals surface area contributed by atoms with Crippen LogP contribution in [-0.2, 0) is 0 Å². The van der Waals surface area contributed by atoms with Gasteiger partial charge in [0.25, 0.3) is 0 Å². The molecule has 0 amide bonds. The van der Waals surface area contributed by atoms with Crippen molar-refractivity contribution in [1.82, 2.24) is 0 Å². The summed E-state index contributed by atoms with van der Waals surface area (Å²) in [7, 11) is 0. The van der Waals surface area contributed by atoms with Gasteiger partial charge < -0.3 is 15.7 Å². The van der Waals surface area contributed by atoms with Crippen molar-refractivity contribution in [1.29, 1.82) is 0 Å². The molecule has 0 fully saturated rings. The first-order valence-corrected chi connectivity index (χ1v) is 6.03. The minimum atomic E-state index is 0.185. The van der Waals surface area contributed by atoms with Crippen LogP contribution in [0.5, 0.6) is 0 Å². The van der Waals surface area contributed by atoms with Gasteiger partial charge in [-0.2, -0.15) is 0 Å². The number of rotatable bonds is 4. The zero-order valence-corrected chi connectivity index (χ0v) is 9.60. The standard InChI is InChI=1S/C13H20N2O/c14-12-7-9-15(8-3-4-10-16)13-6-2-1-5-11(12)13/h1-2,5-6,12,16H,3-4,7-10,14H2. The van der Waals surface area contributed by atoms with Gasteiger partial charge >= 0.3 is 0 Å². The molecule has 1 aromatic carbocycles. The number of aliphatic hydroxyl groups excluding tert-OH is 1. The molecule has 1 unspecified atom stereocenters. The molecule has 1 aromatic rings. The van der Waals surface area contributed by atoms with E-state index in [4.69, 9.17) is 10.8 Å². The monoisotopic (exact) mass is 220 g/mol. The molecular formula is C13H20N2O. The van der Waals surface area contributed by atoms with E-state index in [0.29, 0.717) is 0 Å². The average molecular weight is 220 g/mol. The van der Waals surface area contributed by atoms with Gasteiger partial charge in [-0.1, -0.05) is 18.2 Å². The minimum absolute atomic E-state index is 0.185. The molecule has 0 aliphatic carbocycles. The van der Waals surface area contributed by atoms with Crippen molar-refractivity contribution in [2.24, 2.45) is 5.73 Å². The van der Waals surface area contributed by atoms with Crippen molar-refractivity contribution >= 4 is 5.69 Å². The van der Waals surface area contributed by atoms with Crippen LogP contribution in [0, 0.1) is 0 Å². The van der Waals surface area contributed by atoms with Crippen LogP contribution in [0.4, 0.5) is 5.69 Å². The van der Waals surface area contributed by atoms with E-state index in [2.05, 4.69) is 29.2 Å². The summed E-state index contributed by atoms with van der Waals surface area (Å²) in [5.41, 5.74) is 8.64. The van der Waals surface area contributed by atoms with Crippen LogP contribution < -0.4 is 10.6 Å². The smallest absolute Gasteiger partial charge is 0.0431 e. The first-order chi connectivity index (χ1) is 7.83. The Hall–Kier alpha value is -1.06. The first-order valence-electron chi connectivity index (χ1n) is 6.03. The second-order valence-corrected chi connectivity index (χ2v) is 4.37. The lowest BCUT2D eigenvalue weighted by Gasteiger charge is -2.34. The Kier molecular flexibility index (Phi) is 3.80. The molecule has 3 nitrogen and oxygen atoms in total. The van der Waals surface area contributed by atoms with E-state index in [0.717, 1.165) is 32.4 Å². The van der Waals surface area contributed by atoms with E-state index in [9.17, 15) is 0 Å². The van der Waals surface area contributed by atoms with Gasteiger partial charge in [0.1, 0.15) is 0 Å². The molecule has 3 heteroatoms. The highest BCUT2D eigenvalue weighted by Gasteiger charge is 2.21. The van der Waals surface area contributed by atoms with Crippen LogP contribution in [0.3, 0.4) is 0 Å². The highest BCUT2D eigenvalue weighted by Crippen LogP contribution is 2.31. The summed E-state index contributed by atoms with van der Waals surface area (Å²) in [6.45, 7) is 2.34. The zero-order chi connectivity index (χ0) is 11.4. The maximum absolute atomic E-state index is 8.79. The molecule has 0 bridgehead atoms. The molecule has 0 saturated carbocycles. The summed E-state index contributed by atoms with van der Waals surface area (Å²) >= 11 is 0. The number of nitrogens with zero attached hydrogens (tertiary/aromatic N) is 1. The van der Waals surface area contributed by atoms with E-state index < -0.39 is 0 Å². The SMILES string of the molecule is NC1CCN(CCCCO)c2ccccc21. The Balaban J connectivity index is 2.09. The summed E-state index contributed by atoms with van der Waals surface area (Å²) in [5.74, 6) is 0. The van der Waals surface area contributed by atoms with Gasteiger partial charge in [-0.3, -0.25) is 0 Å². The molecule has 88 valence electrons. The largest absolute Gasteiger partial charge is 0.396 e. The van der Waals surface area contributed by atoms with Gasteiger partial charge in [0.15, 0.2) is 0 Å². The third kappa shape index (κ3) is 2.36. The van der Waals surface area contributed by atoms with Crippen LogP contribution in [0.1, 0.15) is 30.9 Å². The number of fused-ring (bicyclic) bond motifs is 1. The van der Waals surface area contributed by atoms with Gasteiger partial charge in [-0.05, 0) is 30.9 Å². The van der Waals surface area contributed by atoms with Crippen LogP contribution in [0.25, 0.3) is 0 Å². The van der Waals surface area contributed by atoms with Crippen LogP contribution in [-0.4, -0.2) is 24.8 Å². The van der Waals surface area contributed by atoms with Crippen LogP contribution in [0.15, 0.2) is 24.3 Å². The Morgan fingerprint density at radius 2 is 2.12 bits per heavy atom. The van der Waals surface area contributed by atoms with E-state index in [1.807, 2.05) is 0 Å². The van der Waals surface area contributed by atoms with Crippen LogP contribution >= 0.6 is 0 Å². The highest BCUT2D eigenvalue weighted by molar-refractivity contribution is 5.56. The lowest BCUT2D eigenvalue weighted by molar-refractivity contribution is 0.285. The molecule has 0 aromatic heterocycles. The number of hydrogen-bond acceptors (Lipinski definition) is 3. The van der Waals surface area contributed by atoms with E-state index >= 15 is 0 Å². The molecule has 1 atom stereocenters. The van der Waals surface area contributed by atoms with Gasteiger partial charge in [-0.25, -0.2) is 0 Å². The molecule has 0 radical (unpaired) electrons. The van der Waals surface area contributed by atoms with Crippen molar-refractivity contribution < 1.29 is 5.11 Å². The molecule has 1 heterocycles. The fraction of sp³-hybridized carbons (Fsp3) is 0.538. The zero-order valence-electron chi connectivity index (χ0n) is 9.60. The lowest BCUT2D eigenvalue weighted by Crippen LogP contribution is -2.34. The number of anilines is 1. The van der Waals surface area contributed by atoms with Gasteiger partial charge in [-0.15, -0.1) is 0 Å². The summed E-state index contributed by atoms with van der Waals surface area (Å²) in [4.78, 5) is 2.38. The number of para-hydroxylation sites is 1. The predicted octanol–water partition coefficient (Wildman–Crippen LogP) is 1.67. The Labute approximate surface area is 96.9 Å². The summed E-state index contributed by atoms with van der Waals surface area (Å²) in [5, 5.41) is 8.79. The van der Waals surface area contributed by atoms with E-state index in [1.165, 1.54) is 11.3 Å². The quantitative estimate of drug-likeness (QED) is 0.759. The van der Waals surface area contributed by atoms with Crippen molar-refractivity contribution in [2.45, 2.75) is 25.3 Å². The molecule has 1 aliphatic rings. The fourth-order valence-electron chi connectivity index (χ4n) is 2.31. The second kappa shape index (κ2) is 5.32. The Morgan fingerprint density at radius 1 is 1.31 bits per heavy atom. The van der Waals surface area contributed by atoms with E-state index in [1.54, 1.807) is 0 Å². The molecule has 0 spiro atoms. The normalized spacial score (nSPS) is 19.6.